The first-order valence-corrected chi connectivity index (χ1v) is 10.1. The van der Waals surface area contributed by atoms with Gasteiger partial charge in [0.2, 0.25) is 5.13 Å². The van der Waals surface area contributed by atoms with E-state index in [1.165, 1.54) is 16.2 Å². The molecule has 0 aliphatic rings. The molecule has 25 heavy (non-hydrogen) atoms. The zero-order valence-corrected chi connectivity index (χ0v) is 15.3. The Hall–Kier alpha value is -2.29. The first-order chi connectivity index (χ1) is 12.3. The number of hydrogen-bond donors (Lipinski definition) is 1. The van der Waals surface area contributed by atoms with E-state index in [2.05, 4.69) is 31.9 Å². The predicted molar refractivity (Wildman–Crippen MR) is 103 cm³/mol. The number of para-hydroxylation sites is 1. The molecule has 0 spiro atoms. The zero-order valence-electron chi connectivity index (χ0n) is 12.9. The van der Waals surface area contributed by atoms with E-state index in [1.54, 1.807) is 29.2 Å². The summed E-state index contributed by atoms with van der Waals surface area (Å²) in [4.78, 5) is 18.0. The third kappa shape index (κ3) is 3.87. The van der Waals surface area contributed by atoms with Crippen molar-refractivity contribution in [1.29, 1.82) is 0 Å². The molecule has 0 saturated heterocycles. The average Bonchev–Trinajstić information content (AvgIpc) is 3.31. The maximum absolute atomic E-state index is 12.4. The Morgan fingerprint density at radius 1 is 1.08 bits per heavy atom. The van der Waals surface area contributed by atoms with E-state index in [9.17, 15) is 4.79 Å². The van der Waals surface area contributed by atoms with Crippen LogP contribution < -0.4 is 5.32 Å². The Balaban J connectivity index is 1.43. The third-order valence-electron chi connectivity index (χ3n) is 3.38. The normalized spacial score (nSPS) is 10.9. The lowest BCUT2D eigenvalue weighted by molar-refractivity contribution is 0.102. The van der Waals surface area contributed by atoms with Gasteiger partial charge in [0.15, 0.2) is 4.34 Å². The summed E-state index contributed by atoms with van der Waals surface area (Å²) in [5, 5.41) is 14.5. The Morgan fingerprint density at radius 3 is 2.88 bits per heavy atom. The lowest BCUT2D eigenvalue weighted by Gasteiger charge is -2.02. The van der Waals surface area contributed by atoms with Crippen molar-refractivity contribution in [2.24, 2.45) is 0 Å². The summed E-state index contributed by atoms with van der Waals surface area (Å²) in [6.07, 6.45) is 0. The van der Waals surface area contributed by atoms with E-state index in [0.29, 0.717) is 10.8 Å². The van der Waals surface area contributed by atoms with Crippen LogP contribution in [0, 0.1) is 0 Å². The van der Waals surface area contributed by atoms with Crippen molar-refractivity contribution in [3.05, 3.63) is 64.5 Å². The molecule has 0 atom stereocenters. The van der Waals surface area contributed by atoms with Gasteiger partial charge in [-0.3, -0.25) is 10.1 Å². The van der Waals surface area contributed by atoms with E-state index in [-0.39, 0.29) is 5.91 Å². The van der Waals surface area contributed by atoms with E-state index >= 15 is 0 Å². The molecule has 0 unspecified atom stereocenters. The number of amides is 1. The number of rotatable bonds is 5. The van der Waals surface area contributed by atoms with Crippen LogP contribution in [-0.4, -0.2) is 21.1 Å². The number of nitrogens with zero attached hydrogens (tertiary/aromatic N) is 3. The molecule has 4 aromatic rings. The molecule has 0 fully saturated rings. The number of aromatic nitrogens is 3. The van der Waals surface area contributed by atoms with Crippen LogP contribution in [-0.2, 0) is 5.75 Å². The molecule has 3 heterocycles. The highest BCUT2D eigenvalue weighted by Crippen LogP contribution is 2.29. The second kappa shape index (κ2) is 7.30. The summed E-state index contributed by atoms with van der Waals surface area (Å²) in [5.41, 5.74) is 1.15. The number of benzene rings is 1. The number of pyridine rings is 1. The van der Waals surface area contributed by atoms with Gasteiger partial charge in [0, 0.05) is 16.0 Å². The van der Waals surface area contributed by atoms with Gasteiger partial charge in [0.25, 0.3) is 5.91 Å². The van der Waals surface area contributed by atoms with Crippen LogP contribution in [0.1, 0.15) is 15.4 Å². The standard InChI is InChI=1S/C17H12N4OS3/c22-15(14-8-7-11-4-1-2-6-13(11)18-14)19-16-20-21-17(25-16)24-10-12-5-3-9-23-12/h1-9H,10H2,(H,19,20,22). The minimum Gasteiger partial charge on any atom is -0.295 e. The Bertz CT molecular complexity index is 1010. The molecular formula is C17H12N4OS3. The van der Waals surface area contributed by atoms with Gasteiger partial charge < -0.3 is 0 Å². The molecule has 5 nitrogen and oxygen atoms in total. The van der Waals surface area contributed by atoms with Crippen LogP contribution in [0.5, 0.6) is 0 Å². The van der Waals surface area contributed by atoms with Crippen LogP contribution in [0.2, 0.25) is 0 Å². The van der Waals surface area contributed by atoms with Crippen molar-refractivity contribution in [1.82, 2.24) is 15.2 Å². The van der Waals surface area contributed by atoms with Gasteiger partial charge >= 0.3 is 0 Å². The molecule has 1 amide bonds. The van der Waals surface area contributed by atoms with E-state index in [4.69, 9.17) is 0 Å². The highest BCUT2D eigenvalue weighted by Gasteiger charge is 2.12. The van der Waals surface area contributed by atoms with Crippen molar-refractivity contribution in [2.75, 3.05) is 5.32 Å². The molecule has 0 radical (unpaired) electrons. The van der Waals surface area contributed by atoms with Gasteiger partial charge in [0.1, 0.15) is 5.69 Å². The molecule has 3 aromatic heterocycles. The van der Waals surface area contributed by atoms with Gasteiger partial charge in [-0.15, -0.1) is 21.5 Å². The van der Waals surface area contributed by atoms with E-state index in [0.717, 1.165) is 21.0 Å². The first-order valence-electron chi connectivity index (χ1n) is 7.44. The molecule has 8 heteroatoms. The summed E-state index contributed by atoms with van der Waals surface area (Å²) in [6.45, 7) is 0. The molecule has 0 aliphatic heterocycles. The number of thioether (sulfide) groups is 1. The summed E-state index contributed by atoms with van der Waals surface area (Å²) in [6, 6.07) is 15.4. The van der Waals surface area contributed by atoms with Crippen LogP contribution in [0.4, 0.5) is 5.13 Å². The highest BCUT2D eigenvalue weighted by molar-refractivity contribution is 8.00. The number of fused-ring (bicyclic) bond motifs is 1. The monoisotopic (exact) mass is 384 g/mol. The second-order valence-electron chi connectivity index (χ2n) is 5.08. The largest absolute Gasteiger partial charge is 0.295 e. The van der Waals surface area contributed by atoms with Crippen LogP contribution in [0.25, 0.3) is 10.9 Å². The number of thiophene rings is 1. The molecule has 1 aromatic carbocycles. The fourth-order valence-corrected chi connectivity index (χ4v) is 4.72. The van der Waals surface area contributed by atoms with Crippen LogP contribution in [0.15, 0.2) is 58.3 Å². The SMILES string of the molecule is O=C(Nc1nnc(SCc2cccs2)s1)c1ccc2ccccc2n1. The molecule has 0 aliphatic carbocycles. The molecule has 0 saturated carbocycles. The number of anilines is 1. The van der Waals surface area contributed by atoms with Crippen molar-refractivity contribution >= 4 is 56.4 Å². The Labute approximate surface area is 156 Å². The summed E-state index contributed by atoms with van der Waals surface area (Å²) < 4.78 is 0.829. The Kier molecular flexibility index (Phi) is 4.73. The highest BCUT2D eigenvalue weighted by atomic mass is 32.2. The maximum atomic E-state index is 12.4. The fraction of sp³-hybridized carbons (Fsp3) is 0.0588. The maximum Gasteiger partial charge on any atom is 0.276 e. The van der Waals surface area contributed by atoms with Crippen LogP contribution >= 0.6 is 34.4 Å². The Morgan fingerprint density at radius 2 is 2.00 bits per heavy atom. The minimum absolute atomic E-state index is 0.281. The first kappa shape index (κ1) is 16.2. The van der Waals surface area contributed by atoms with Gasteiger partial charge in [-0.05, 0) is 23.6 Å². The van der Waals surface area contributed by atoms with Gasteiger partial charge in [-0.25, -0.2) is 4.98 Å². The summed E-state index contributed by atoms with van der Waals surface area (Å²) in [7, 11) is 0. The van der Waals surface area contributed by atoms with Crippen molar-refractivity contribution in [3.8, 4) is 0 Å². The number of nitrogens with one attached hydrogen (secondary N) is 1. The molecule has 1 N–H and O–H groups in total. The van der Waals surface area contributed by atoms with Gasteiger partial charge in [0.05, 0.1) is 5.52 Å². The topological polar surface area (TPSA) is 67.8 Å². The van der Waals surface area contributed by atoms with Gasteiger partial charge in [-0.2, -0.15) is 0 Å². The molecule has 124 valence electrons. The lowest BCUT2D eigenvalue weighted by Crippen LogP contribution is -2.13. The van der Waals surface area contributed by atoms with E-state index in [1.807, 2.05) is 36.4 Å². The molecular weight excluding hydrogens is 372 g/mol. The molecule has 0 bridgehead atoms. The predicted octanol–water partition coefficient (Wildman–Crippen LogP) is 4.69. The van der Waals surface area contributed by atoms with Crippen molar-refractivity contribution < 1.29 is 4.79 Å². The number of hydrogen-bond acceptors (Lipinski definition) is 7. The number of carbonyl (C=O) groups is 1. The van der Waals surface area contributed by atoms with Crippen molar-refractivity contribution in [3.63, 3.8) is 0 Å². The fourth-order valence-electron chi connectivity index (χ4n) is 2.20. The smallest absolute Gasteiger partial charge is 0.276 e. The zero-order chi connectivity index (χ0) is 17.1. The minimum atomic E-state index is -0.281. The average molecular weight is 385 g/mol. The van der Waals surface area contributed by atoms with Crippen molar-refractivity contribution in [2.45, 2.75) is 10.1 Å². The summed E-state index contributed by atoms with van der Waals surface area (Å²) >= 11 is 4.69. The summed E-state index contributed by atoms with van der Waals surface area (Å²) in [5.74, 6) is 0.573. The number of carbonyl (C=O) groups excluding carboxylic acids is 1. The van der Waals surface area contributed by atoms with Gasteiger partial charge in [-0.1, -0.05) is 53.4 Å². The second-order valence-corrected chi connectivity index (χ2v) is 8.32. The lowest BCUT2D eigenvalue weighted by atomic mass is 10.2. The van der Waals surface area contributed by atoms with E-state index < -0.39 is 0 Å². The molecule has 4 rings (SSSR count). The quantitative estimate of drug-likeness (QED) is 0.399. The third-order valence-corrected chi connectivity index (χ3v) is 6.46. The van der Waals surface area contributed by atoms with Crippen LogP contribution in [0.3, 0.4) is 0 Å².